The Kier molecular flexibility index (Phi) is 4.87. The molecule has 3 aromatic heterocycles. The Morgan fingerprint density at radius 2 is 1.90 bits per heavy atom. The highest BCUT2D eigenvalue weighted by atomic mass is 16.5. The lowest BCUT2D eigenvalue weighted by Gasteiger charge is -2.17. The minimum atomic E-state index is 0.0267. The Bertz CT molecular complexity index is 1180. The van der Waals surface area contributed by atoms with Gasteiger partial charge >= 0.3 is 0 Å². The average Bonchev–Trinajstić information content (AvgIpc) is 3.26. The molecule has 3 heterocycles. The molecule has 0 aliphatic carbocycles. The van der Waals surface area contributed by atoms with Crippen LogP contribution in [0.15, 0.2) is 22.9 Å². The maximum atomic E-state index is 5.73. The number of imidazole rings is 1. The maximum absolute atomic E-state index is 5.73. The van der Waals surface area contributed by atoms with E-state index in [2.05, 4.69) is 22.0 Å². The van der Waals surface area contributed by atoms with E-state index in [1.807, 2.05) is 30.5 Å². The second-order valence-corrected chi connectivity index (χ2v) is 7.03. The molecule has 1 unspecified atom stereocenters. The molecular weight excluding hydrogens is 372 g/mol. The van der Waals surface area contributed by atoms with E-state index in [1.54, 1.807) is 27.5 Å². The van der Waals surface area contributed by atoms with Crippen molar-refractivity contribution in [3.8, 4) is 22.9 Å². The summed E-state index contributed by atoms with van der Waals surface area (Å²) < 4.78 is 24.0. The third-order valence-electron chi connectivity index (χ3n) is 5.14. The van der Waals surface area contributed by atoms with Crippen LogP contribution in [0.4, 0.5) is 0 Å². The fourth-order valence-electron chi connectivity index (χ4n) is 3.88. The number of hydrogen-bond acceptors (Lipinski definition) is 7. The van der Waals surface area contributed by atoms with Crippen molar-refractivity contribution in [3.05, 3.63) is 29.8 Å². The van der Waals surface area contributed by atoms with Crippen molar-refractivity contribution in [1.82, 2.24) is 19.7 Å². The van der Waals surface area contributed by atoms with E-state index in [-0.39, 0.29) is 6.04 Å². The minimum absolute atomic E-state index is 0.0267. The molecule has 0 bridgehead atoms. The van der Waals surface area contributed by atoms with Crippen LogP contribution in [0.25, 0.3) is 33.1 Å². The van der Waals surface area contributed by atoms with Gasteiger partial charge in [-0.05, 0) is 32.9 Å². The summed E-state index contributed by atoms with van der Waals surface area (Å²) in [7, 11) is 4.95. The van der Waals surface area contributed by atoms with Gasteiger partial charge in [-0.1, -0.05) is 5.16 Å². The lowest BCUT2D eigenvalue weighted by atomic mass is 10.0. The molecule has 0 radical (unpaired) electrons. The number of hydrogen-bond donors (Lipinski definition) is 0. The topological polar surface area (TPSA) is 84.4 Å². The van der Waals surface area contributed by atoms with Crippen molar-refractivity contribution in [3.63, 3.8) is 0 Å². The molecule has 0 spiro atoms. The first-order valence-corrected chi connectivity index (χ1v) is 9.35. The van der Waals surface area contributed by atoms with Crippen LogP contribution in [0.2, 0.25) is 0 Å². The van der Waals surface area contributed by atoms with E-state index in [1.165, 1.54) is 0 Å². The summed E-state index contributed by atoms with van der Waals surface area (Å²) >= 11 is 0. The van der Waals surface area contributed by atoms with Gasteiger partial charge in [0.1, 0.15) is 17.0 Å². The molecule has 0 amide bonds. The van der Waals surface area contributed by atoms with Gasteiger partial charge in [-0.2, -0.15) is 4.98 Å². The molecule has 4 rings (SSSR count). The number of ether oxygens (including phenoxy) is 3. The van der Waals surface area contributed by atoms with Gasteiger partial charge in [0.15, 0.2) is 0 Å². The first-order chi connectivity index (χ1) is 14.0. The first kappa shape index (κ1) is 19.2. The van der Waals surface area contributed by atoms with Crippen LogP contribution in [0.1, 0.15) is 24.4 Å². The van der Waals surface area contributed by atoms with Crippen LogP contribution in [-0.2, 0) is 4.74 Å². The number of nitrogens with zero attached hydrogens (tertiary/aromatic N) is 4. The van der Waals surface area contributed by atoms with E-state index >= 15 is 0 Å². The molecule has 8 nitrogen and oxygen atoms in total. The number of benzene rings is 1. The predicted molar refractivity (Wildman–Crippen MR) is 110 cm³/mol. The summed E-state index contributed by atoms with van der Waals surface area (Å²) in [5.41, 5.74) is 5.13. The number of aromatic nitrogens is 4. The summed E-state index contributed by atoms with van der Waals surface area (Å²) in [6.07, 6.45) is 1.76. The van der Waals surface area contributed by atoms with Gasteiger partial charge in [-0.3, -0.25) is 9.55 Å². The molecule has 152 valence electrons. The Balaban J connectivity index is 2.05. The highest BCUT2D eigenvalue weighted by Gasteiger charge is 2.22. The molecular formula is C21H24N4O4. The van der Waals surface area contributed by atoms with Gasteiger partial charge in [-0.25, -0.2) is 0 Å². The van der Waals surface area contributed by atoms with Crippen molar-refractivity contribution >= 4 is 21.9 Å². The van der Waals surface area contributed by atoms with E-state index in [9.17, 15) is 0 Å². The van der Waals surface area contributed by atoms with Crippen LogP contribution < -0.4 is 9.47 Å². The highest BCUT2D eigenvalue weighted by molar-refractivity contribution is 6.05. The number of rotatable bonds is 6. The molecule has 0 saturated carbocycles. The van der Waals surface area contributed by atoms with Crippen LogP contribution in [0.5, 0.6) is 11.8 Å². The fraction of sp³-hybridized carbons (Fsp3) is 0.381. The predicted octanol–water partition coefficient (Wildman–Crippen LogP) is 4.08. The molecule has 4 aromatic rings. The van der Waals surface area contributed by atoms with Gasteiger partial charge < -0.3 is 18.7 Å². The number of methoxy groups -OCH3 is 3. The van der Waals surface area contributed by atoms with Crippen LogP contribution in [0.3, 0.4) is 0 Å². The van der Waals surface area contributed by atoms with Crippen molar-refractivity contribution in [1.29, 1.82) is 0 Å². The van der Waals surface area contributed by atoms with Gasteiger partial charge in [0, 0.05) is 18.1 Å². The summed E-state index contributed by atoms with van der Waals surface area (Å²) in [6, 6.07) is 4.54. The van der Waals surface area contributed by atoms with Gasteiger partial charge in [0.05, 0.1) is 55.4 Å². The molecule has 29 heavy (non-hydrogen) atoms. The van der Waals surface area contributed by atoms with Gasteiger partial charge in [-0.15, -0.1) is 0 Å². The minimum Gasteiger partial charge on any atom is -0.496 e. The smallest absolute Gasteiger partial charge is 0.297 e. The second-order valence-electron chi connectivity index (χ2n) is 7.03. The zero-order chi connectivity index (χ0) is 20.7. The number of fused-ring (bicyclic) bond motifs is 3. The van der Waals surface area contributed by atoms with Crippen molar-refractivity contribution in [2.75, 3.05) is 27.9 Å². The summed E-state index contributed by atoms with van der Waals surface area (Å²) in [6.45, 7) is 6.40. The van der Waals surface area contributed by atoms with Crippen LogP contribution in [0, 0.1) is 13.8 Å². The van der Waals surface area contributed by atoms with E-state index in [0.29, 0.717) is 18.4 Å². The molecule has 1 aromatic carbocycles. The normalized spacial score (nSPS) is 12.6. The fourth-order valence-corrected chi connectivity index (χ4v) is 3.88. The number of pyridine rings is 1. The summed E-state index contributed by atoms with van der Waals surface area (Å²) in [5.74, 6) is 1.45. The van der Waals surface area contributed by atoms with Gasteiger partial charge in [0.2, 0.25) is 0 Å². The molecule has 1 atom stereocenters. The third kappa shape index (κ3) is 3.00. The summed E-state index contributed by atoms with van der Waals surface area (Å²) in [4.78, 5) is 9.24. The van der Waals surface area contributed by atoms with Crippen LogP contribution >= 0.6 is 0 Å². The molecule has 0 aliphatic heterocycles. The molecule has 0 N–H and O–H groups in total. The zero-order valence-electron chi connectivity index (χ0n) is 17.4. The maximum Gasteiger partial charge on any atom is 0.297 e. The zero-order valence-corrected chi connectivity index (χ0v) is 17.4. The molecule has 0 fully saturated rings. The lowest BCUT2D eigenvalue weighted by Crippen LogP contribution is -2.12. The van der Waals surface area contributed by atoms with E-state index in [4.69, 9.17) is 18.7 Å². The Morgan fingerprint density at radius 1 is 1.10 bits per heavy atom. The summed E-state index contributed by atoms with van der Waals surface area (Å²) in [5, 5.41) is 5.00. The first-order valence-electron chi connectivity index (χ1n) is 9.35. The number of aryl methyl sites for hydroxylation is 2. The van der Waals surface area contributed by atoms with E-state index < -0.39 is 0 Å². The van der Waals surface area contributed by atoms with E-state index in [0.717, 1.165) is 44.5 Å². The van der Waals surface area contributed by atoms with Crippen LogP contribution in [-0.4, -0.2) is 47.6 Å². The largest absolute Gasteiger partial charge is 0.496 e. The highest BCUT2D eigenvalue weighted by Crippen LogP contribution is 2.40. The Morgan fingerprint density at radius 3 is 2.52 bits per heavy atom. The Labute approximate surface area is 168 Å². The second kappa shape index (κ2) is 7.36. The van der Waals surface area contributed by atoms with Crippen molar-refractivity contribution in [2.24, 2.45) is 0 Å². The van der Waals surface area contributed by atoms with Gasteiger partial charge in [0.25, 0.3) is 6.01 Å². The quantitative estimate of drug-likeness (QED) is 0.485. The van der Waals surface area contributed by atoms with Crippen molar-refractivity contribution < 1.29 is 18.7 Å². The SMILES string of the molecule is COCC(C)n1c(OC)nc2cnc3cc(-c4c(C)noc4C)c(OC)cc3c21. The Hall–Kier alpha value is -3.13. The average molecular weight is 396 g/mol. The standard InChI is InChI=1S/C21H24N4O4/c1-11(10-26-4)25-20-14-8-18(27-5)15(19-12(2)24-29-13(19)3)7-16(14)22-9-17(20)23-21(25)28-6/h7-9,11H,10H2,1-6H3. The lowest BCUT2D eigenvalue weighted by molar-refractivity contribution is 0.158. The third-order valence-corrected chi connectivity index (χ3v) is 5.14. The molecule has 8 heteroatoms. The monoisotopic (exact) mass is 396 g/mol. The molecule has 0 aliphatic rings. The molecule has 0 saturated heterocycles. The van der Waals surface area contributed by atoms with Crippen molar-refractivity contribution in [2.45, 2.75) is 26.8 Å².